The Labute approximate surface area is 175 Å². The predicted octanol–water partition coefficient (Wildman–Crippen LogP) is 2.38. The lowest BCUT2D eigenvalue weighted by Gasteiger charge is -2.36. The first-order chi connectivity index (χ1) is 14.3. The Hall–Kier alpha value is -3.42. The fraction of sp³-hybridized carbons (Fsp3) is 0.364. The number of nitrogens with two attached hydrogens (primary N) is 1. The third kappa shape index (κ3) is 3.60. The maximum absolute atomic E-state index is 13.3. The maximum Gasteiger partial charge on any atom is 0.254 e. The van der Waals surface area contributed by atoms with Crippen molar-refractivity contribution in [1.82, 2.24) is 19.7 Å². The summed E-state index contributed by atoms with van der Waals surface area (Å²) in [5.41, 5.74) is 9.04. The Morgan fingerprint density at radius 1 is 1.07 bits per heavy atom. The SMILES string of the molecule is Cc1cc(C(=O)N2CCN(c3ccc(C(N)=O)cc3)CC2)c2cnn(C(C)C)c2n1. The van der Waals surface area contributed by atoms with E-state index in [0.29, 0.717) is 24.2 Å². The molecule has 0 spiro atoms. The summed E-state index contributed by atoms with van der Waals surface area (Å²) >= 11 is 0. The Bertz CT molecular complexity index is 1090. The zero-order valence-electron chi connectivity index (χ0n) is 17.5. The average Bonchev–Trinajstić information content (AvgIpc) is 3.17. The van der Waals surface area contributed by atoms with Crippen molar-refractivity contribution in [3.05, 3.63) is 53.3 Å². The number of carbonyl (C=O) groups excluding carboxylic acids is 2. The van der Waals surface area contributed by atoms with E-state index in [0.717, 1.165) is 35.5 Å². The quantitative estimate of drug-likeness (QED) is 0.717. The minimum Gasteiger partial charge on any atom is -0.368 e. The molecule has 2 N–H and O–H groups in total. The molecule has 0 unspecified atom stereocenters. The highest BCUT2D eigenvalue weighted by molar-refractivity contribution is 6.05. The first-order valence-corrected chi connectivity index (χ1v) is 10.1. The number of nitrogens with zero attached hydrogens (tertiary/aromatic N) is 5. The number of hydrogen-bond donors (Lipinski definition) is 1. The lowest BCUT2D eigenvalue weighted by molar-refractivity contribution is 0.0748. The molecule has 1 aromatic carbocycles. The van der Waals surface area contributed by atoms with Gasteiger partial charge in [0, 0.05) is 49.2 Å². The molecule has 3 aromatic rings. The number of carbonyl (C=O) groups is 2. The number of benzene rings is 1. The number of anilines is 1. The van der Waals surface area contributed by atoms with Crippen molar-refractivity contribution >= 4 is 28.5 Å². The zero-order chi connectivity index (χ0) is 21.4. The van der Waals surface area contributed by atoms with Crippen LogP contribution in [0.4, 0.5) is 5.69 Å². The molecular formula is C22H26N6O2. The highest BCUT2D eigenvalue weighted by Gasteiger charge is 2.25. The summed E-state index contributed by atoms with van der Waals surface area (Å²) in [6.45, 7) is 8.69. The van der Waals surface area contributed by atoms with Crippen LogP contribution in [0.1, 0.15) is 46.3 Å². The van der Waals surface area contributed by atoms with E-state index in [2.05, 4.69) is 15.0 Å². The molecule has 1 aliphatic rings. The van der Waals surface area contributed by atoms with E-state index < -0.39 is 5.91 Å². The summed E-state index contributed by atoms with van der Waals surface area (Å²) in [4.78, 5) is 33.2. The van der Waals surface area contributed by atoms with Crippen molar-refractivity contribution in [2.24, 2.45) is 5.73 Å². The molecule has 0 aliphatic carbocycles. The van der Waals surface area contributed by atoms with Gasteiger partial charge in [-0.3, -0.25) is 9.59 Å². The molecule has 1 saturated heterocycles. The van der Waals surface area contributed by atoms with Gasteiger partial charge in [-0.15, -0.1) is 0 Å². The highest BCUT2D eigenvalue weighted by Crippen LogP contribution is 2.24. The van der Waals surface area contributed by atoms with Crippen LogP contribution in [0.3, 0.4) is 0 Å². The molecule has 156 valence electrons. The van der Waals surface area contributed by atoms with Crippen LogP contribution in [0, 0.1) is 6.92 Å². The standard InChI is InChI=1S/C22H26N6O2/c1-14(2)28-21-19(13-24-28)18(12-15(3)25-21)22(30)27-10-8-26(9-11-27)17-6-4-16(5-7-17)20(23)29/h4-7,12-14H,8-11H2,1-3H3,(H2,23,29). The molecule has 8 nitrogen and oxygen atoms in total. The van der Waals surface area contributed by atoms with Gasteiger partial charge in [-0.1, -0.05) is 0 Å². The molecule has 1 aliphatic heterocycles. The summed E-state index contributed by atoms with van der Waals surface area (Å²) in [5.74, 6) is -0.422. The van der Waals surface area contributed by atoms with Crippen LogP contribution in [0.2, 0.25) is 0 Å². The van der Waals surface area contributed by atoms with Crippen molar-refractivity contribution in [2.45, 2.75) is 26.8 Å². The van der Waals surface area contributed by atoms with Gasteiger partial charge in [0.1, 0.15) is 0 Å². The Morgan fingerprint density at radius 2 is 1.73 bits per heavy atom. The number of fused-ring (bicyclic) bond motifs is 1. The average molecular weight is 406 g/mol. The second-order valence-corrected chi connectivity index (χ2v) is 7.92. The minimum absolute atomic E-state index is 0.0116. The Kier molecular flexibility index (Phi) is 5.15. The van der Waals surface area contributed by atoms with Crippen LogP contribution in [0.25, 0.3) is 11.0 Å². The van der Waals surface area contributed by atoms with Gasteiger partial charge >= 0.3 is 0 Å². The number of primary amides is 1. The van der Waals surface area contributed by atoms with Crippen LogP contribution in [-0.4, -0.2) is 57.7 Å². The molecule has 3 heterocycles. The van der Waals surface area contributed by atoms with Gasteiger partial charge in [0.05, 0.1) is 17.1 Å². The molecule has 30 heavy (non-hydrogen) atoms. The van der Waals surface area contributed by atoms with Crippen molar-refractivity contribution < 1.29 is 9.59 Å². The summed E-state index contributed by atoms with van der Waals surface area (Å²) in [7, 11) is 0. The number of hydrogen-bond acceptors (Lipinski definition) is 5. The van der Waals surface area contributed by atoms with Gasteiger partial charge in [-0.25, -0.2) is 9.67 Å². The van der Waals surface area contributed by atoms with Crippen LogP contribution in [0.5, 0.6) is 0 Å². The van der Waals surface area contributed by atoms with Crippen LogP contribution < -0.4 is 10.6 Å². The summed E-state index contributed by atoms with van der Waals surface area (Å²) in [5, 5.41) is 5.23. The molecule has 0 saturated carbocycles. The minimum atomic E-state index is -0.434. The fourth-order valence-electron chi connectivity index (χ4n) is 3.87. The maximum atomic E-state index is 13.3. The van der Waals surface area contributed by atoms with Crippen molar-refractivity contribution in [2.75, 3.05) is 31.1 Å². The van der Waals surface area contributed by atoms with Crippen molar-refractivity contribution in [1.29, 1.82) is 0 Å². The van der Waals surface area contributed by atoms with E-state index in [-0.39, 0.29) is 11.9 Å². The van der Waals surface area contributed by atoms with E-state index in [1.807, 2.05) is 48.6 Å². The van der Waals surface area contributed by atoms with Gasteiger partial charge < -0.3 is 15.5 Å². The lowest BCUT2D eigenvalue weighted by Crippen LogP contribution is -2.48. The van der Waals surface area contributed by atoms with Crippen molar-refractivity contribution in [3.8, 4) is 0 Å². The van der Waals surface area contributed by atoms with Gasteiger partial charge in [0.25, 0.3) is 5.91 Å². The molecule has 0 atom stereocenters. The van der Waals surface area contributed by atoms with E-state index in [9.17, 15) is 9.59 Å². The fourth-order valence-corrected chi connectivity index (χ4v) is 3.87. The second-order valence-electron chi connectivity index (χ2n) is 7.92. The summed E-state index contributed by atoms with van der Waals surface area (Å²) in [6, 6.07) is 9.29. The van der Waals surface area contributed by atoms with Gasteiger partial charge in [-0.2, -0.15) is 5.10 Å². The number of piperazine rings is 1. The van der Waals surface area contributed by atoms with Crippen LogP contribution in [-0.2, 0) is 0 Å². The monoisotopic (exact) mass is 406 g/mol. The third-order valence-electron chi connectivity index (χ3n) is 5.50. The van der Waals surface area contributed by atoms with E-state index in [4.69, 9.17) is 5.73 Å². The molecule has 2 amide bonds. The number of aryl methyl sites for hydroxylation is 1. The van der Waals surface area contributed by atoms with Gasteiger partial charge in [0.15, 0.2) is 5.65 Å². The highest BCUT2D eigenvalue weighted by atomic mass is 16.2. The first kappa shape index (κ1) is 19.9. The number of aromatic nitrogens is 3. The largest absolute Gasteiger partial charge is 0.368 e. The lowest BCUT2D eigenvalue weighted by atomic mass is 10.1. The second kappa shape index (κ2) is 7.78. The Morgan fingerprint density at radius 3 is 2.33 bits per heavy atom. The molecule has 4 rings (SSSR count). The zero-order valence-corrected chi connectivity index (χ0v) is 17.5. The molecule has 2 aromatic heterocycles. The third-order valence-corrected chi connectivity index (χ3v) is 5.50. The topological polar surface area (TPSA) is 97.4 Å². The molecule has 1 fully saturated rings. The van der Waals surface area contributed by atoms with E-state index >= 15 is 0 Å². The first-order valence-electron chi connectivity index (χ1n) is 10.1. The molecular weight excluding hydrogens is 380 g/mol. The Balaban J connectivity index is 1.51. The number of pyridine rings is 1. The summed E-state index contributed by atoms with van der Waals surface area (Å²) in [6.07, 6.45) is 1.74. The summed E-state index contributed by atoms with van der Waals surface area (Å²) < 4.78 is 1.85. The van der Waals surface area contributed by atoms with Gasteiger partial charge in [0.2, 0.25) is 5.91 Å². The van der Waals surface area contributed by atoms with E-state index in [1.54, 1.807) is 18.3 Å². The number of rotatable bonds is 4. The normalized spacial score (nSPS) is 14.5. The predicted molar refractivity (Wildman–Crippen MR) is 116 cm³/mol. The molecule has 0 bridgehead atoms. The molecule has 8 heteroatoms. The van der Waals surface area contributed by atoms with E-state index in [1.165, 1.54) is 0 Å². The van der Waals surface area contributed by atoms with Crippen molar-refractivity contribution in [3.63, 3.8) is 0 Å². The number of amides is 2. The van der Waals surface area contributed by atoms with Crippen LogP contribution >= 0.6 is 0 Å². The van der Waals surface area contributed by atoms with Gasteiger partial charge in [-0.05, 0) is 51.1 Å². The van der Waals surface area contributed by atoms with Crippen LogP contribution in [0.15, 0.2) is 36.5 Å². The molecule has 0 radical (unpaired) electrons. The smallest absolute Gasteiger partial charge is 0.254 e.